The highest BCUT2D eigenvalue weighted by atomic mass is 16.5. The number of carbonyl (C=O) groups excluding carboxylic acids is 1. The number of amides is 2. The maximum Gasteiger partial charge on any atom is 0.317 e. The molecule has 0 saturated carbocycles. The molecule has 1 aliphatic heterocycles. The van der Waals surface area contributed by atoms with Gasteiger partial charge < -0.3 is 15.0 Å². The van der Waals surface area contributed by atoms with E-state index in [2.05, 4.69) is 62.5 Å². The average molecular weight is 381 g/mol. The largest absolute Gasteiger partial charge is 0.497 e. The van der Waals surface area contributed by atoms with Gasteiger partial charge in [-0.25, -0.2) is 4.79 Å². The summed E-state index contributed by atoms with van der Waals surface area (Å²) >= 11 is 0. The Bertz CT molecular complexity index is 771. The first-order valence-corrected chi connectivity index (χ1v) is 10.1. The lowest BCUT2D eigenvalue weighted by atomic mass is 9.79. The number of benzene rings is 2. The van der Waals surface area contributed by atoms with Crippen LogP contribution < -0.4 is 10.1 Å². The van der Waals surface area contributed by atoms with Crippen molar-refractivity contribution in [3.05, 3.63) is 65.7 Å². The van der Waals surface area contributed by atoms with Crippen molar-refractivity contribution in [3.63, 3.8) is 0 Å². The van der Waals surface area contributed by atoms with Crippen molar-refractivity contribution in [2.75, 3.05) is 20.2 Å². The molecule has 0 bridgehead atoms. The van der Waals surface area contributed by atoms with E-state index in [0.29, 0.717) is 5.92 Å². The predicted octanol–water partition coefficient (Wildman–Crippen LogP) is 4.95. The first-order valence-electron chi connectivity index (χ1n) is 10.1. The van der Waals surface area contributed by atoms with Crippen LogP contribution in [0.25, 0.3) is 0 Å². The van der Waals surface area contributed by atoms with Crippen molar-refractivity contribution in [2.24, 2.45) is 0 Å². The van der Waals surface area contributed by atoms with Gasteiger partial charge in [0.05, 0.1) is 7.11 Å². The van der Waals surface area contributed by atoms with E-state index in [9.17, 15) is 4.79 Å². The van der Waals surface area contributed by atoms with Gasteiger partial charge in [0.15, 0.2) is 0 Å². The number of ether oxygens (including phenoxy) is 1. The lowest BCUT2D eigenvalue weighted by Gasteiger charge is -2.30. The van der Waals surface area contributed by atoms with Crippen LogP contribution in [0.4, 0.5) is 4.79 Å². The fraction of sp³-hybridized carbons (Fsp3) is 0.458. The molecule has 28 heavy (non-hydrogen) atoms. The number of methoxy groups -OCH3 is 1. The molecule has 2 unspecified atom stereocenters. The number of hydrogen-bond donors (Lipinski definition) is 1. The molecular weight excluding hydrogens is 348 g/mol. The summed E-state index contributed by atoms with van der Waals surface area (Å²) in [6, 6.07) is 18.9. The van der Waals surface area contributed by atoms with Gasteiger partial charge in [-0.2, -0.15) is 0 Å². The Morgan fingerprint density at radius 2 is 1.86 bits per heavy atom. The fourth-order valence-electron chi connectivity index (χ4n) is 4.22. The third kappa shape index (κ3) is 4.86. The molecule has 0 spiro atoms. The number of rotatable bonds is 6. The molecule has 0 aromatic heterocycles. The molecule has 2 aromatic carbocycles. The van der Waals surface area contributed by atoms with E-state index in [4.69, 9.17) is 4.74 Å². The number of nitrogens with zero attached hydrogens (tertiary/aromatic N) is 1. The van der Waals surface area contributed by atoms with Gasteiger partial charge in [-0.1, -0.05) is 56.3 Å². The van der Waals surface area contributed by atoms with Crippen molar-refractivity contribution in [1.29, 1.82) is 0 Å². The molecule has 4 heteroatoms. The molecule has 2 amide bonds. The molecule has 2 aromatic rings. The van der Waals surface area contributed by atoms with E-state index in [1.54, 1.807) is 7.11 Å². The molecular formula is C24H32N2O2. The second-order valence-corrected chi connectivity index (χ2v) is 8.51. The van der Waals surface area contributed by atoms with Crippen molar-refractivity contribution >= 4 is 6.03 Å². The standard InChI is InChI=1S/C24H32N2O2/c1-18(16-24(2,3)21-8-6-5-7-9-21)25-23(27)26-15-14-20(17-26)19-10-12-22(28-4)13-11-19/h5-13,18,20H,14-17H2,1-4H3,(H,25,27). The predicted molar refractivity (Wildman–Crippen MR) is 114 cm³/mol. The quantitative estimate of drug-likeness (QED) is 0.770. The van der Waals surface area contributed by atoms with Gasteiger partial charge in [0.1, 0.15) is 5.75 Å². The van der Waals surface area contributed by atoms with Crippen molar-refractivity contribution in [2.45, 2.75) is 51.0 Å². The maximum absolute atomic E-state index is 12.8. The van der Waals surface area contributed by atoms with Gasteiger partial charge in [0, 0.05) is 25.0 Å². The van der Waals surface area contributed by atoms with Crippen LogP contribution in [-0.4, -0.2) is 37.2 Å². The third-order valence-electron chi connectivity index (χ3n) is 5.80. The van der Waals surface area contributed by atoms with Crippen LogP contribution >= 0.6 is 0 Å². The maximum atomic E-state index is 12.8. The van der Waals surface area contributed by atoms with Gasteiger partial charge in [-0.3, -0.25) is 0 Å². The minimum absolute atomic E-state index is 0.0184. The molecule has 3 rings (SSSR count). The van der Waals surface area contributed by atoms with Gasteiger partial charge in [-0.15, -0.1) is 0 Å². The molecule has 0 aliphatic carbocycles. The van der Waals surface area contributed by atoms with E-state index in [-0.39, 0.29) is 17.5 Å². The zero-order chi connectivity index (χ0) is 20.1. The normalized spacial score (nSPS) is 18.0. The van der Waals surface area contributed by atoms with Crippen LogP contribution in [0, 0.1) is 0 Å². The molecule has 1 fully saturated rings. The molecule has 1 aliphatic rings. The summed E-state index contributed by atoms with van der Waals surface area (Å²) in [5.41, 5.74) is 2.59. The summed E-state index contributed by atoms with van der Waals surface area (Å²) in [6.45, 7) is 8.14. The van der Waals surface area contributed by atoms with Gasteiger partial charge >= 0.3 is 6.03 Å². The van der Waals surface area contributed by atoms with E-state index in [0.717, 1.165) is 31.7 Å². The molecule has 0 radical (unpaired) electrons. The second-order valence-electron chi connectivity index (χ2n) is 8.51. The summed E-state index contributed by atoms with van der Waals surface area (Å²) in [4.78, 5) is 14.7. The number of hydrogen-bond acceptors (Lipinski definition) is 2. The van der Waals surface area contributed by atoms with Crippen LogP contribution in [0.2, 0.25) is 0 Å². The van der Waals surface area contributed by atoms with Gasteiger partial charge in [-0.05, 0) is 48.4 Å². The third-order valence-corrected chi connectivity index (χ3v) is 5.80. The van der Waals surface area contributed by atoms with Crippen LogP contribution in [0.15, 0.2) is 54.6 Å². The van der Waals surface area contributed by atoms with Crippen LogP contribution in [-0.2, 0) is 5.41 Å². The van der Waals surface area contributed by atoms with Crippen molar-refractivity contribution in [3.8, 4) is 5.75 Å². The summed E-state index contributed by atoms with van der Waals surface area (Å²) in [5, 5.41) is 3.20. The first-order chi connectivity index (χ1) is 13.4. The monoisotopic (exact) mass is 380 g/mol. The lowest BCUT2D eigenvalue weighted by molar-refractivity contribution is 0.202. The van der Waals surface area contributed by atoms with E-state index in [1.807, 2.05) is 23.1 Å². The highest BCUT2D eigenvalue weighted by Gasteiger charge is 2.29. The summed E-state index contributed by atoms with van der Waals surface area (Å²) in [7, 11) is 1.68. The van der Waals surface area contributed by atoms with Crippen molar-refractivity contribution in [1.82, 2.24) is 10.2 Å². The van der Waals surface area contributed by atoms with E-state index in [1.165, 1.54) is 11.1 Å². The summed E-state index contributed by atoms with van der Waals surface area (Å²) in [5.74, 6) is 1.26. The number of carbonyl (C=O) groups is 1. The lowest BCUT2D eigenvalue weighted by Crippen LogP contribution is -2.44. The van der Waals surface area contributed by atoms with Gasteiger partial charge in [0.2, 0.25) is 0 Å². The highest BCUT2D eigenvalue weighted by Crippen LogP contribution is 2.30. The van der Waals surface area contributed by atoms with Crippen LogP contribution in [0.3, 0.4) is 0 Å². The zero-order valence-electron chi connectivity index (χ0n) is 17.4. The molecule has 1 N–H and O–H groups in total. The Balaban J connectivity index is 1.53. The topological polar surface area (TPSA) is 41.6 Å². The van der Waals surface area contributed by atoms with Crippen molar-refractivity contribution < 1.29 is 9.53 Å². The van der Waals surface area contributed by atoms with Crippen LogP contribution in [0.5, 0.6) is 5.75 Å². The highest BCUT2D eigenvalue weighted by molar-refractivity contribution is 5.75. The summed E-state index contributed by atoms with van der Waals surface area (Å²) < 4.78 is 5.23. The molecule has 2 atom stereocenters. The minimum atomic E-state index is 0.0184. The Morgan fingerprint density at radius 3 is 2.50 bits per heavy atom. The first kappa shape index (κ1) is 20.2. The second kappa shape index (κ2) is 8.68. The molecule has 150 valence electrons. The molecule has 1 saturated heterocycles. The minimum Gasteiger partial charge on any atom is -0.497 e. The Labute approximate surface area is 168 Å². The Morgan fingerprint density at radius 1 is 1.18 bits per heavy atom. The smallest absolute Gasteiger partial charge is 0.317 e. The average Bonchev–Trinajstić information content (AvgIpc) is 3.18. The summed E-state index contributed by atoms with van der Waals surface area (Å²) in [6.07, 6.45) is 1.90. The number of urea groups is 1. The number of likely N-dealkylation sites (tertiary alicyclic amines) is 1. The van der Waals surface area contributed by atoms with E-state index < -0.39 is 0 Å². The Hall–Kier alpha value is -2.49. The Kier molecular flexibility index (Phi) is 6.28. The molecule has 4 nitrogen and oxygen atoms in total. The molecule has 1 heterocycles. The fourth-order valence-corrected chi connectivity index (χ4v) is 4.22. The van der Waals surface area contributed by atoms with Gasteiger partial charge in [0.25, 0.3) is 0 Å². The SMILES string of the molecule is COc1ccc(C2CCN(C(=O)NC(C)CC(C)(C)c3ccccc3)C2)cc1. The van der Waals surface area contributed by atoms with Crippen LogP contribution in [0.1, 0.15) is 50.7 Å². The zero-order valence-corrected chi connectivity index (χ0v) is 17.4. The van der Waals surface area contributed by atoms with E-state index >= 15 is 0 Å². The number of nitrogens with one attached hydrogen (secondary N) is 1.